The third-order valence-corrected chi connectivity index (χ3v) is 3.85. The van der Waals surface area contributed by atoms with Crippen LogP contribution in [0.15, 0.2) is 48.7 Å². The average Bonchev–Trinajstić information content (AvgIpc) is 2.64. The van der Waals surface area contributed by atoms with Crippen LogP contribution in [0.4, 0.5) is 21.8 Å². The second-order valence-corrected chi connectivity index (χ2v) is 5.84. The molecule has 1 aromatic heterocycles. The second kappa shape index (κ2) is 8.44. The van der Waals surface area contributed by atoms with Gasteiger partial charge in [0.1, 0.15) is 11.6 Å². The molecule has 0 radical (unpaired) electrons. The topological polar surface area (TPSA) is 72.0 Å². The molecule has 0 atom stereocenters. The van der Waals surface area contributed by atoms with Crippen molar-refractivity contribution in [3.63, 3.8) is 0 Å². The minimum Gasteiger partial charge on any atom is -0.495 e. The molecule has 26 heavy (non-hydrogen) atoms. The normalized spacial score (nSPS) is 10.4. The van der Waals surface area contributed by atoms with Gasteiger partial charge < -0.3 is 15.4 Å². The third kappa shape index (κ3) is 4.58. The van der Waals surface area contributed by atoms with Crippen molar-refractivity contribution in [3.8, 4) is 5.75 Å². The molecule has 2 N–H and O–H groups in total. The molecule has 0 spiro atoms. The molecular weight excluding hydrogens is 357 g/mol. The van der Waals surface area contributed by atoms with E-state index >= 15 is 0 Å². The Morgan fingerprint density at radius 1 is 1.19 bits per heavy atom. The number of nitrogens with one attached hydrogen (secondary N) is 2. The molecule has 0 bridgehead atoms. The van der Waals surface area contributed by atoms with Gasteiger partial charge in [-0.25, -0.2) is 4.39 Å². The fraction of sp³-hybridized carbons (Fsp3) is 0.167. The Morgan fingerprint density at radius 3 is 2.85 bits per heavy atom. The Kier molecular flexibility index (Phi) is 5.80. The summed E-state index contributed by atoms with van der Waals surface area (Å²) < 4.78 is 18.9. The molecular formula is C18H17ClFN5O. The first-order valence-corrected chi connectivity index (χ1v) is 8.31. The molecule has 0 saturated heterocycles. The standard InChI is InChI=1S/C18H17ClFN5O/c1-26-16-7-6-13(19)10-15(16)23-17-11-22-25-18(24-17)21-9-8-12-4-2-3-5-14(12)20/h2-7,10-11H,8-9H2,1H3,(H2,21,23,24,25). The number of rotatable bonds is 7. The van der Waals surface area contributed by atoms with Crippen LogP contribution in [0.2, 0.25) is 5.02 Å². The van der Waals surface area contributed by atoms with E-state index in [1.165, 1.54) is 12.3 Å². The average molecular weight is 374 g/mol. The van der Waals surface area contributed by atoms with Crippen LogP contribution in [0.3, 0.4) is 0 Å². The Labute approximate surface area is 155 Å². The summed E-state index contributed by atoms with van der Waals surface area (Å²) in [5.41, 5.74) is 1.30. The maximum Gasteiger partial charge on any atom is 0.244 e. The SMILES string of the molecule is COc1ccc(Cl)cc1Nc1cnnc(NCCc2ccccc2F)n1. The van der Waals surface area contributed by atoms with Crippen molar-refractivity contribution < 1.29 is 9.13 Å². The van der Waals surface area contributed by atoms with Crippen molar-refractivity contribution in [2.75, 3.05) is 24.3 Å². The highest BCUT2D eigenvalue weighted by molar-refractivity contribution is 6.31. The van der Waals surface area contributed by atoms with Gasteiger partial charge in [-0.1, -0.05) is 29.8 Å². The number of ether oxygens (including phenoxy) is 1. The minimum atomic E-state index is -0.225. The van der Waals surface area contributed by atoms with Crippen molar-refractivity contribution in [3.05, 3.63) is 65.1 Å². The second-order valence-electron chi connectivity index (χ2n) is 5.40. The molecule has 3 rings (SSSR count). The first kappa shape index (κ1) is 17.9. The summed E-state index contributed by atoms with van der Waals surface area (Å²) in [6.07, 6.45) is 2.00. The molecule has 0 aliphatic carbocycles. The van der Waals surface area contributed by atoms with E-state index in [1.807, 2.05) is 0 Å². The van der Waals surface area contributed by atoms with E-state index in [1.54, 1.807) is 43.5 Å². The van der Waals surface area contributed by atoms with E-state index in [9.17, 15) is 4.39 Å². The van der Waals surface area contributed by atoms with Gasteiger partial charge in [0.25, 0.3) is 0 Å². The number of hydrogen-bond acceptors (Lipinski definition) is 6. The maximum absolute atomic E-state index is 13.6. The first-order valence-electron chi connectivity index (χ1n) is 7.93. The number of halogens is 2. The summed E-state index contributed by atoms with van der Waals surface area (Å²) >= 11 is 6.02. The van der Waals surface area contributed by atoms with E-state index < -0.39 is 0 Å². The molecule has 6 nitrogen and oxygen atoms in total. The van der Waals surface area contributed by atoms with Crippen LogP contribution in [0.5, 0.6) is 5.75 Å². The smallest absolute Gasteiger partial charge is 0.244 e. The lowest BCUT2D eigenvalue weighted by atomic mass is 10.1. The quantitative estimate of drug-likeness (QED) is 0.650. The molecule has 134 valence electrons. The summed E-state index contributed by atoms with van der Waals surface area (Å²) in [6, 6.07) is 11.9. The van der Waals surface area contributed by atoms with Gasteiger partial charge in [-0.15, -0.1) is 5.10 Å². The van der Waals surface area contributed by atoms with Crippen LogP contribution in [-0.2, 0) is 6.42 Å². The summed E-state index contributed by atoms with van der Waals surface area (Å²) in [7, 11) is 1.57. The fourth-order valence-corrected chi connectivity index (χ4v) is 2.54. The van der Waals surface area contributed by atoms with Gasteiger partial charge in [-0.3, -0.25) is 0 Å². The fourth-order valence-electron chi connectivity index (χ4n) is 2.36. The molecule has 2 aromatic carbocycles. The van der Waals surface area contributed by atoms with Crippen molar-refractivity contribution in [2.24, 2.45) is 0 Å². The first-order chi connectivity index (χ1) is 12.7. The van der Waals surface area contributed by atoms with Gasteiger partial charge in [-0.05, 0) is 36.2 Å². The highest BCUT2D eigenvalue weighted by Gasteiger charge is 2.07. The lowest BCUT2D eigenvalue weighted by Crippen LogP contribution is -2.10. The lowest BCUT2D eigenvalue weighted by Gasteiger charge is -2.11. The van der Waals surface area contributed by atoms with Crippen LogP contribution >= 0.6 is 11.6 Å². The van der Waals surface area contributed by atoms with Crippen LogP contribution in [0, 0.1) is 5.82 Å². The summed E-state index contributed by atoms with van der Waals surface area (Å²) in [5.74, 6) is 1.22. The van der Waals surface area contributed by atoms with E-state index in [0.717, 1.165) is 0 Å². The maximum atomic E-state index is 13.6. The Bertz CT molecular complexity index is 893. The van der Waals surface area contributed by atoms with Crippen LogP contribution in [0.25, 0.3) is 0 Å². The van der Waals surface area contributed by atoms with E-state index in [2.05, 4.69) is 25.8 Å². The van der Waals surface area contributed by atoms with Gasteiger partial charge in [0.2, 0.25) is 5.95 Å². The number of methoxy groups -OCH3 is 1. The van der Waals surface area contributed by atoms with E-state index in [0.29, 0.717) is 46.8 Å². The Hall–Kier alpha value is -2.93. The molecule has 0 aliphatic heterocycles. The summed E-state index contributed by atoms with van der Waals surface area (Å²) in [4.78, 5) is 4.34. The summed E-state index contributed by atoms with van der Waals surface area (Å²) in [6.45, 7) is 0.479. The van der Waals surface area contributed by atoms with Gasteiger partial charge >= 0.3 is 0 Å². The molecule has 0 fully saturated rings. The van der Waals surface area contributed by atoms with Gasteiger partial charge in [-0.2, -0.15) is 10.1 Å². The zero-order valence-corrected chi connectivity index (χ0v) is 14.8. The zero-order valence-electron chi connectivity index (χ0n) is 14.0. The van der Waals surface area contributed by atoms with E-state index in [4.69, 9.17) is 16.3 Å². The highest BCUT2D eigenvalue weighted by atomic mass is 35.5. The van der Waals surface area contributed by atoms with Gasteiger partial charge in [0, 0.05) is 11.6 Å². The Balaban J connectivity index is 1.65. The Morgan fingerprint density at radius 2 is 2.04 bits per heavy atom. The van der Waals surface area contributed by atoms with E-state index in [-0.39, 0.29) is 5.82 Å². The zero-order chi connectivity index (χ0) is 18.4. The number of hydrogen-bond donors (Lipinski definition) is 2. The molecule has 8 heteroatoms. The third-order valence-electron chi connectivity index (χ3n) is 3.62. The molecule has 0 saturated carbocycles. The van der Waals surface area contributed by atoms with Gasteiger partial charge in [0.05, 0.1) is 19.0 Å². The molecule has 0 unspecified atom stereocenters. The number of benzene rings is 2. The van der Waals surface area contributed by atoms with Crippen LogP contribution < -0.4 is 15.4 Å². The predicted octanol–water partition coefficient (Wildman–Crippen LogP) is 4.07. The van der Waals surface area contributed by atoms with Gasteiger partial charge in [0.15, 0.2) is 5.82 Å². The molecule has 1 heterocycles. The molecule has 0 aliphatic rings. The largest absolute Gasteiger partial charge is 0.495 e. The molecule has 0 amide bonds. The van der Waals surface area contributed by atoms with Crippen molar-refractivity contribution in [2.45, 2.75) is 6.42 Å². The van der Waals surface area contributed by atoms with Crippen molar-refractivity contribution >= 4 is 29.1 Å². The molecule has 3 aromatic rings. The summed E-state index contributed by atoms with van der Waals surface area (Å²) in [5, 5.41) is 14.6. The number of anilines is 3. The van der Waals surface area contributed by atoms with Crippen LogP contribution in [0.1, 0.15) is 5.56 Å². The number of aromatic nitrogens is 3. The monoisotopic (exact) mass is 373 g/mol. The van der Waals surface area contributed by atoms with Crippen LogP contribution in [-0.4, -0.2) is 28.8 Å². The lowest BCUT2D eigenvalue weighted by molar-refractivity contribution is 0.417. The van der Waals surface area contributed by atoms with Crippen molar-refractivity contribution in [1.29, 1.82) is 0 Å². The van der Waals surface area contributed by atoms with Crippen molar-refractivity contribution in [1.82, 2.24) is 15.2 Å². The predicted molar refractivity (Wildman–Crippen MR) is 99.7 cm³/mol. The number of nitrogens with zero attached hydrogens (tertiary/aromatic N) is 3. The highest BCUT2D eigenvalue weighted by Crippen LogP contribution is 2.29. The minimum absolute atomic E-state index is 0.225.